The number of nitrogens with zero attached hydrogens (tertiary/aromatic N) is 2. The molecule has 146 valence electrons. The van der Waals surface area contributed by atoms with Crippen molar-refractivity contribution in [3.63, 3.8) is 0 Å². The molecule has 28 heavy (non-hydrogen) atoms. The second-order valence-electron chi connectivity index (χ2n) is 6.04. The smallest absolute Gasteiger partial charge is 0.353 e. The molecule has 0 fully saturated rings. The molecule has 0 saturated carbocycles. The molecule has 0 bridgehead atoms. The van der Waals surface area contributed by atoms with Crippen LogP contribution in [-0.2, 0) is 13.7 Å². The summed E-state index contributed by atoms with van der Waals surface area (Å²) in [6, 6.07) is 11.1. The average Bonchev–Trinajstić information content (AvgIpc) is 2.67. The Balaban J connectivity index is 1.71. The van der Waals surface area contributed by atoms with Gasteiger partial charge in [-0.15, -0.1) is 0 Å². The molecule has 1 heterocycles. The van der Waals surface area contributed by atoms with E-state index in [9.17, 15) is 9.18 Å². The largest absolute Gasteiger partial charge is 0.482 e. The van der Waals surface area contributed by atoms with Crippen LogP contribution in [0.15, 0.2) is 47.3 Å². The lowest BCUT2D eigenvalue weighted by molar-refractivity contribution is 0.284. The molecule has 0 spiro atoms. The molecule has 8 heteroatoms. The van der Waals surface area contributed by atoms with Gasteiger partial charge in [0, 0.05) is 12.1 Å². The molecule has 6 nitrogen and oxygen atoms in total. The number of aromatic nitrogens is 2. The lowest BCUT2D eigenvalue weighted by Crippen LogP contribution is -2.21. The summed E-state index contributed by atoms with van der Waals surface area (Å²) < 4.78 is 31.8. The van der Waals surface area contributed by atoms with E-state index in [1.165, 1.54) is 36.9 Å². The van der Waals surface area contributed by atoms with Gasteiger partial charge in [-0.25, -0.2) is 9.18 Å². The summed E-state index contributed by atoms with van der Waals surface area (Å²) in [5.74, 6) is 0.434. The molecule has 0 saturated heterocycles. The normalized spacial score (nSPS) is 10.6. The summed E-state index contributed by atoms with van der Waals surface area (Å²) in [6.45, 7) is 1.87. The number of benzene rings is 2. The van der Waals surface area contributed by atoms with Gasteiger partial charge in [-0.2, -0.15) is 4.98 Å². The minimum Gasteiger partial charge on any atom is -0.482 e. The predicted octanol–water partition coefficient (Wildman–Crippen LogP) is 4.26. The van der Waals surface area contributed by atoms with E-state index in [1.54, 1.807) is 24.3 Å². The highest BCUT2D eigenvalue weighted by atomic mass is 35.5. The van der Waals surface area contributed by atoms with E-state index < -0.39 is 11.5 Å². The summed E-state index contributed by atoms with van der Waals surface area (Å²) in [7, 11) is 2.98. The first-order chi connectivity index (χ1) is 13.4. The number of rotatable bonds is 6. The topological polar surface area (TPSA) is 62.6 Å². The molecule has 0 amide bonds. The van der Waals surface area contributed by atoms with Crippen molar-refractivity contribution in [2.24, 2.45) is 7.05 Å². The van der Waals surface area contributed by atoms with Crippen LogP contribution in [-0.4, -0.2) is 16.7 Å². The summed E-state index contributed by atoms with van der Waals surface area (Å²) in [6.07, 6.45) is 0. The maximum atomic E-state index is 14.4. The van der Waals surface area contributed by atoms with Crippen LogP contribution in [0.3, 0.4) is 0 Å². The maximum absolute atomic E-state index is 14.4. The van der Waals surface area contributed by atoms with Crippen molar-refractivity contribution in [3.05, 3.63) is 74.9 Å². The van der Waals surface area contributed by atoms with Crippen LogP contribution in [0.2, 0.25) is 5.02 Å². The SMILES string of the molecule is COc1cc(OCc2ccc(Oc3ccc(Cl)c(C)c3)c(F)c2)nc(=O)n1C. The lowest BCUT2D eigenvalue weighted by atomic mass is 10.2. The Labute approximate surface area is 166 Å². The summed E-state index contributed by atoms with van der Waals surface area (Å²) in [5, 5.41) is 0.612. The molecule has 0 radical (unpaired) electrons. The van der Waals surface area contributed by atoms with Gasteiger partial charge in [-0.05, 0) is 48.4 Å². The molecular formula is C20H18ClFN2O4. The van der Waals surface area contributed by atoms with E-state index in [1.807, 2.05) is 6.92 Å². The molecule has 1 aromatic heterocycles. The monoisotopic (exact) mass is 404 g/mol. The fourth-order valence-electron chi connectivity index (χ4n) is 2.45. The highest BCUT2D eigenvalue weighted by Crippen LogP contribution is 2.28. The van der Waals surface area contributed by atoms with Crippen molar-refractivity contribution in [1.29, 1.82) is 0 Å². The highest BCUT2D eigenvalue weighted by Gasteiger charge is 2.10. The molecular weight excluding hydrogens is 387 g/mol. The molecule has 3 rings (SSSR count). The van der Waals surface area contributed by atoms with E-state index in [-0.39, 0.29) is 18.2 Å². The Hall–Kier alpha value is -3.06. The molecule has 3 aromatic rings. The first-order valence-corrected chi connectivity index (χ1v) is 8.72. The van der Waals surface area contributed by atoms with E-state index in [2.05, 4.69) is 4.98 Å². The number of hydrogen-bond acceptors (Lipinski definition) is 5. The zero-order valence-electron chi connectivity index (χ0n) is 15.5. The Morgan fingerprint density at radius 1 is 1.18 bits per heavy atom. The van der Waals surface area contributed by atoms with Crippen LogP contribution in [0.5, 0.6) is 23.3 Å². The standard InChI is InChI=1S/C20H18ClFN2O4/c1-12-8-14(5-6-15(12)21)28-17-7-4-13(9-16(17)22)11-27-18-10-19(26-3)24(2)20(25)23-18/h4-10H,11H2,1-3H3. The van der Waals surface area contributed by atoms with Crippen molar-refractivity contribution in [3.8, 4) is 23.3 Å². The zero-order chi connectivity index (χ0) is 20.3. The van der Waals surface area contributed by atoms with Gasteiger partial charge in [0.1, 0.15) is 12.4 Å². The third-order valence-electron chi connectivity index (χ3n) is 4.02. The Morgan fingerprint density at radius 2 is 1.96 bits per heavy atom. The zero-order valence-corrected chi connectivity index (χ0v) is 16.3. The van der Waals surface area contributed by atoms with Crippen molar-refractivity contribution in [2.75, 3.05) is 7.11 Å². The third kappa shape index (κ3) is 4.43. The minimum absolute atomic E-state index is 0.0283. The maximum Gasteiger partial charge on any atom is 0.353 e. The number of aryl methyl sites for hydroxylation is 1. The van der Waals surface area contributed by atoms with Crippen LogP contribution < -0.4 is 19.9 Å². The molecule has 0 aliphatic carbocycles. The summed E-state index contributed by atoms with van der Waals surface area (Å²) in [4.78, 5) is 15.5. The number of ether oxygens (including phenoxy) is 3. The number of methoxy groups -OCH3 is 1. The fraction of sp³-hybridized carbons (Fsp3) is 0.200. The van der Waals surface area contributed by atoms with Gasteiger partial charge in [-0.1, -0.05) is 17.7 Å². The number of halogens is 2. The average molecular weight is 405 g/mol. The molecule has 0 aliphatic rings. The molecule has 0 N–H and O–H groups in total. The van der Waals surface area contributed by atoms with Gasteiger partial charge in [0.15, 0.2) is 11.6 Å². The van der Waals surface area contributed by atoms with Crippen LogP contribution >= 0.6 is 11.6 Å². The van der Waals surface area contributed by atoms with Gasteiger partial charge >= 0.3 is 5.69 Å². The quantitative estimate of drug-likeness (QED) is 0.614. The third-order valence-corrected chi connectivity index (χ3v) is 4.44. The van der Waals surface area contributed by atoms with Gasteiger partial charge in [0.2, 0.25) is 11.8 Å². The van der Waals surface area contributed by atoms with Crippen LogP contribution in [0.1, 0.15) is 11.1 Å². The summed E-state index contributed by atoms with van der Waals surface area (Å²) in [5.41, 5.74) is 0.877. The highest BCUT2D eigenvalue weighted by molar-refractivity contribution is 6.31. The van der Waals surface area contributed by atoms with E-state index in [0.29, 0.717) is 22.2 Å². The van der Waals surface area contributed by atoms with Gasteiger partial charge < -0.3 is 14.2 Å². The molecule has 2 aromatic carbocycles. The Bertz CT molecular complexity index is 1070. The number of hydrogen-bond donors (Lipinski definition) is 0. The van der Waals surface area contributed by atoms with E-state index in [4.69, 9.17) is 25.8 Å². The van der Waals surface area contributed by atoms with E-state index >= 15 is 0 Å². The van der Waals surface area contributed by atoms with Gasteiger partial charge in [0.25, 0.3) is 0 Å². The second kappa shape index (κ2) is 8.31. The summed E-state index contributed by atoms with van der Waals surface area (Å²) >= 11 is 5.98. The first kappa shape index (κ1) is 19.7. The van der Waals surface area contributed by atoms with Crippen molar-refractivity contribution in [2.45, 2.75) is 13.5 Å². The minimum atomic E-state index is -0.539. The van der Waals surface area contributed by atoms with Crippen molar-refractivity contribution in [1.82, 2.24) is 9.55 Å². The first-order valence-electron chi connectivity index (χ1n) is 8.34. The predicted molar refractivity (Wildman–Crippen MR) is 103 cm³/mol. The molecule has 0 aliphatic heterocycles. The van der Waals surface area contributed by atoms with Gasteiger partial charge in [-0.3, -0.25) is 4.57 Å². The molecule has 0 unspecified atom stereocenters. The van der Waals surface area contributed by atoms with Crippen LogP contribution in [0.25, 0.3) is 0 Å². The Kier molecular flexibility index (Phi) is 5.84. The van der Waals surface area contributed by atoms with E-state index in [0.717, 1.165) is 5.56 Å². The van der Waals surface area contributed by atoms with Crippen LogP contribution in [0.4, 0.5) is 4.39 Å². The van der Waals surface area contributed by atoms with Crippen LogP contribution in [0, 0.1) is 12.7 Å². The van der Waals surface area contributed by atoms with Crippen molar-refractivity contribution < 1.29 is 18.6 Å². The fourth-order valence-corrected chi connectivity index (χ4v) is 2.57. The lowest BCUT2D eigenvalue weighted by Gasteiger charge is -2.11. The Morgan fingerprint density at radius 3 is 2.64 bits per heavy atom. The second-order valence-corrected chi connectivity index (χ2v) is 6.45. The molecule has 0 atom stereocenters. The van der Waals surface area contributed by atoms with Gasteiger partial charge in [0.05, 0.1) is 13.2 Å². The van der Waals surface area contributed by atoms with Crippen molar-refractivity contribution >= 4 is 11.6 Å².